The summed E-state index contributed by atoms with van der Waals surface area (Å²) in [6, 6.07) is 22.8. The molecule has 6 heteroatoms. The molecule has 0 amide bonds. The Morgan fingerprint density at radius 2 is 1.61 bits per heavy atom. The van der Waals surface area contributed by atoms with Crippen LogP contribution in [0.1, 0.15) is 11.1 Å². The van der Waals surface area contributed by atoms with Gasteiger partial charge in [0.05, 0.1) is 16.3 Å². The van der Waals surface area contributed by atoms with Gasteiger partial charge in [0, 0.05) is 23.5 Å². The van der Waals surface area contributed by atoms with E-state index in [1.54, 1.807) is 0 Å². The van der Waals surface area contributed by atoms with Gasteiger partial charge in [-0.1, -0.05) is 64.0 Å². The number of hydrogen-bond donors (Lipinski definition) is 0. The lowest BCUT2D eigenvalue weighted by atomic mass is 9.90. The molecule has 0 fully saturated rings. The minimum atomic E-state index is -3.82. The van der Waals surface area contributed by atoms with Crippen molar-refractivity contribution in [3.63, 3.8) is 0 Å². The van der Waals surface area contributed by atoms with Crippen LogP contribution in [-0.2, 0) is 9.84 Å². The fourth-order valence-corrected chi connectivity index (χ4v) is 6.19. The molecule has 4 rings (SSSR count). The average molecular weight is 500 g/mol. The van der Waals surface area contributed by atoms with Crippen LogP contribution in [0.5, 0.6) is 0 Å². The first-order valence-electron chi connectivity index (χ1n) is 10.1. The van der Waals surface area contributed by atoms with E-state index in [-0.39, 0.29) is 17.4 Å². The minimum absolute atomic E-state index is 0.0253. The molecule has 0 radical (unpaired) electrons. The van der Waals surface area contributed by atoms with Crippen molar-refractivity contribution in [3.05, 3.63) is 101 Å². The molecule has 0 bridgehead atoms. The molecule has 0 N–H and O–H groups in total. The summed E-state index contributed by atoms with van der Waals surface area (Å²) >= 11 is 3.62. The van der Waals surface area contributed by atoms with Gasteiger partial charge in [0.1, 0.15) is 5.82 Å². The molecule has 1 atom stereocenters. The van der Waals surface area contributed by atoms with Crippen molar-refractivity contribution >= 4 is 37.0 Å². The molecule has 1 unspecified atom stereocenters. The highest BCUT2D eigenvalue weighted by Crippen LogP contribution is 2.39. The van der Waals surface area contributed by atoms with Crippen LogP contribution in [0.4, 0.5) is 10.1 Å². The van der Waals surface area contributed by atoms with Crippen LogP contribution in [0.15, 0.2) is 88.7 Å². The quantitative estimate of drug-likeness (QED) is 0.326. The number of hydrogen-bond acceptors (Lipinski definition) is 3. The molecule has 0 spiro atoms. The number of alkyl halides is 1. The molecule has 3 aromatic carbocycles. The molecule has 0 aliphatic carbocycles. The van der Waals surface area contributed by atoms with Gasteiger partial charge >= 0.3 is 0 Å². The van der Waals surface area contributed by atoms with E-state index in [9.17, 15) is 12.8 Å². The molecule has 160 valence electrons. The molecule has 1 heterocycles. The van der Waals surface area contributed by atoms with Gasteiger partial charge in [-0.05, 0) is 54.5 Å². The van der Waals surface area contributed by atoms with Gasteiger partial charge in [-0.2, -0.15) is 0 Å². The predicted octanol–water partition coefficient (Wildman–Crippen LogP) is 5.85. The lowest BCUT2D eigenvalue weighted by molar-refractivity contribution is 0.594. The molecule has 1 aliphatic rings. The summed E-state index contributed by atoms with van der Waals surface area (Å²) in [6.45, 7) is 2.98. The van der Waals surface area contributed by atoms with E-state index in [0.717, 1.165) is 22.4 Å². The largest absolute Gasteiger partial charge is 0.366 e. The van der Waals surface area contributed by atoms with E-state index in [1.165, 1.54) is 24.3 Å². The SMILES string of the molecule is Cc1ccc(N2CC(S(=O)(=O)c3ccc(F)cc3)=C(c3ccccc3)C(CBr)C2)cc1. The van der Waals surface area contributed by atoms with Crippen LogP contribution in [-0.4, -0.2) is 26.8 Å². The van der Waals surface area contributed by atoms with Crippen molar-refractivity contribution in [2.45, 2.75) is 11.8 Å². The third-order valence-corrected chi connectivity index (χ3v) is 8.27. The zero-order valence-corrected chi connectivity index (χ0v) is 19.5. The summed E-state index contributed by atoms with van der Waals surface area (Å²) in [4.78, 5) is 2.58. The second kappa shape index (κ2) is 8.97. The Balaban J connectivity index is 1.89. The Hall–Kier alpha value is -2.44. The van der Waals surface area contributed by atoms with E-state index in [1.807, 2.05) is 61.5 Å². The van der Waals surface area contributed by atoms with Crippen molar-refractivity contribution in [2.75, 3.05) is 23.3 Å². The van der Waals surface area contributed by atoms with E-state index in [2.05, 4.69) is 20.8 Å². The summed E-state index contributed by atoms with van der Waals surface area (Å²) in [6.07, 6.45) is 0. The van der Waals surface area contributed by atoms with E-state index in [4.69, 9.17) is 0 Å². The van der Waals surface area contributed by atoms with E-state index in [0.29, 0.717) is 16.8 Å². The monoisotopic (exact) mass is 499 g/mol. The van der Waals surface area contributed by atoms with Gasteiger partial charge in [-0.15, -0.1) is 0 Å². The summed E-state index contributed by atoms with van der Waals surface area (Å²) in [5.74, 6) is -0.484. The molecule has 0 aromatic heterocycles. The molecule has 3 aromatic rings. The van der Waals surface area contributed by atoms with E-state index < -0.39 is 15.7 Å². The van der Waals surface area contributed by atoms with Gasteiger partial charge in [0.25, 0.3) is 0 Å². The second-order valence-electron chi connectivity index (χ2n) is 7.73. The third-order valence-electron chi connectivity index (χ3n) is 5.60. The summed E-state index contributed by atoms with van der Waals surface area (Å²) in [5, 5.41) is 0.627. The highest BCUT2D eigenvalue weighted by atomic mass is 79.9. The first-order chi connectivity index (χ1) is 14.9. The third kappa shape index (κ3) is 4.46. The number of aryl methyl sites for hydroxylation is 1. The van der Waals surface area contributed by atoms with Crippen molar-refractivity contribution in [3.8, 4) is 0 Å². The van der Waals surface area contributed by atoms with E-state index >= 15 is 0 Å². The summed E-state index contributed by atoms with van der Waals surface area (Å²) < 4.78 is 41.0. The summed E-state index contributed by atoms with van der Waals surface area (Å²) in [7, 11) is -3.82. The Morgan fingerprint density at radius 1 is 0.968 bits per heavy atom. The van der Waals surface area contributed by atoms with Crippen LogP contribution >= 0.6 is 15.9 Å². The molecule has 1 aliphatic heterocycles. The fourth-order valence-electron chi connectivity index (χ4n) is 3.99. The molecular formula is C25H23BrFNO2S. The number of anilines is 1. The van der Waals surface area contributed by atoms with Crippen LogP contribution in [0.25, 0.3) is 5.57 Å². The Bertz CT molecular complexity index is 1190. The highest BCUT2D eigenvalue weighted by Gasteiger charge is 2.35. The van der Waals surface area contributed by atoms with Gasteiger partial charge < -0.3 is 4.90 Å². The maximum atomic E-state index is 13.8. The topological polar surface area (TPSA) is 37.4 Å². The molecule has 0 saturated carbocycles. The van der Waals surface area contributed by atoms with Crippen LogP contribution in [0.2, 0.25) is 0 Å². The van der Waals surface area contributed by atoms with Crippen LogP contribution in [0.3, 0.4) is 0 Å². The van der Waals surface area contributed by atoms with Crippen LogP contribution in [0, 0.1) is 18.7 Å². The number of sulfone groups is 1. The number of nitrogens with zero attached hydrogens (tertiary/aromatic N) is 1. The normalized spacial score (nSPS) is 17.1. The summed E-state index contributed by atoms with van der Waals surface area (Å²) in [5.41, 5.74) is 3.86. The second-order valence-corrected chi connectivity index (χ2v) is 10.3. The van der Waals surface area contributed by atoms with Crippen molar-refractivity contribution in [2.24, 2.45) is 5.92 Å². The van der Waals surface area contributed by atoms with Gasteiger partial charge in [0.2, 0.25) is 9.84 Å². The molecule has 0 saturated heterocycles. The predicted molar refractivity (Wildman–Crippen MR) is 128 cm³/mol. The smallest absolute Gasteiger partial charge is 0.204 e. The van der Waals surface area contributed by atoms with Crippen molar-refractivity contribution in [1.82, 2.24) is 0 Å². The lowest BCUT2D eigenvalue weighted by Gasteiger charge is -2.37. The van der Waals surface area contributed by atoms with Crippen molar-refractivity contribution < 1.29 is 12.8 Å². The Kier molecular flexibility index (Phi) is 6.30. The number of benzene rings is 3. The van der Waals surface area contributed by atoms with Gasteiger partial charge in [0.15, 0.2) is 0 Å². The first-order valence-corrected chi connectivity index (χ1v) is 12.7. The Labute approximate surface area is 191 Å². The maximum Gasteiger partial charge on any atom is 0.204 e. The zero-order valence-electron chi connectivity index (χ0n) is 17.1. The molecule has 3 nitrogen and oxygen atoms in total. The molecule has 31 heavy (non-hydrogen) atoms. The Morgan fingerprint density at radius 3 is 2.23 bits per heavy atom. The fraction of sp³-hybridized carbons (Fsp3) is 0.200. The lowest BCUT2D eigenvalue weighted by Crippen LogP contribution is -2.39. The standard InChI is InChI=1S/C25H23BrFNO2S/c1-18-7-11-22(12-8-18)28-16-20(15-26)25(19-5-3-2-4-6-19)24(17-28)31(29,30)23-13-9-21(27)10-14-23/h2-14,20H,15-17H2,1H3. The highest BCUT2D eigenvalue weighted by molar-refractivity contribution is 9.09. The zero-order chi connectivity index (χ0) is 22.0. The van der Waals surface area contributed by atoms with Gasteiger partial charge in [-0.25, -0.2) is 12.8 Å². The number of rotatable bonds is 5. The molecular weight excluding hydrogens is 477 g/mol. The number of halogens is 2. The maximum absolute atomic E-state index is 13.8. The van der Waals surface area contributed by atoms with Crippen molar-refractivity contribution in [1.29, 1.82) is 0 Å². The van der Waals surface area contributed by atoms with Gasteiger partial charge in [-0.3, -0.25) is 0 Å². The average Bonchev–Trinajstić information content (AvgIpc) is 2.79. The minimum Gasteiger partial charge on any atom is -0.366 e. The first kappa shape index (κ1) is 21.8. The van der Waals surface area contributed by atoms with Crippen LogP contribution < -0.4 is 4.90 Å².